The molecule has 0 unspecified atom stereocenters. The second-order valence-corrected chi connectivity index (χ2v) is 6.70. The minimum atomic E-state index is -3.37. The van der Waals surface area contributed by atoms with E-state index < -0.39 is 22.0 Å². The summed E-state index contributed by atoms with van der Waals surface area (Å²) in [5, 5.41) is 8.66. The minimum absolute atomic E-state index is 0.189. The summed E-state index contributed by atoms with van der Waals surface area (Å²) >= 11 is 2.86. The monoisotopic (exact) mass is 336 g/mol. The average molecular weight is 337 g/mol. The van der Waals surface area contributed by atoms with Gasteiger partial charge in [-0.25, -0.2) is 8.42 Å². The number of anilines is 1. The van der Waals surface area contributed by atoms with Crippen molar-refractivity contribution in [1.29, 1.82) is 0 Å². The Hall–Kier alpha value is -1.12. The maximum absolute atomic E-state index is 11.3. The van der Waals surface area contributed by atoms with Gasteiger partial charge in [-0.3, -0.25) is 9.52 Å². The highest BCUT2D eigenvalue weighted by atomic mass is 79.9. The Bertz CT molecular complexity index is 515. The molecule has 1 aromatic rings. The Balaban J connectivity index is 2.72. The highest BCUT2D eigenvalue weighted by molar-refractivity contribution is 9.10. The normalized spacial score (nSPS) is 13.0. The molecular weight excluding hydrogens is 324 g/mol. The van der Waals surface area contributed by atoms with Crippen LogP contribution in [-0.4, -0.2) is 30.2 Å². The quantitative estimate of drug-likeness (QED) is 0.663. The van der Waals surface area contributed by atoms with Crippen LogP contribution in [0.25, 0.3) is 0 Å². The van der Waals surface area contributed by atoms with Gasteiger partial charge in [-0.15, -0.1) is 0 Å². The lowest BCUT2D eigenvalue weighted by Gasteiger charge is -2.08. The number of nitrogens with two attached hydrogens (primary N) is 1. The fourth-order valence-electron chi connectivity index (χ4n) is 1.26. The van der Waals surface area contributed by atoms with Crippen LogP contribution in [0, 0.1) is 0 Å². The van der Waals surface area contributed by atoms with Crippen LogP contribution in [-0.2, 0) is 21.2 Å². The lowest BCUT2D eigenvalue weighted by molar-refractivity contribution is -0.138. The van der Waals surface area contributed by atoms with E-state index in [0.29, 0.717) is 5.69 Å². The first-order valence-corrected chi connectivity index (χ1v) is 7.75. The van der Waals surface area contributed by atoms with Crippen LogP contribution in [0.5, 0.6) is 0 Å². The van der Waals surface area contributed by atoms with Gasteiger partial charge in [0.15, 0.2) is 0 Å². The highest BCUT2D eigenvalue weighted by Crippen LogP contribution is 2.13. The largest absolute Gasteiger partial charge is 0.480 e. The maximum Gasteiger partial charge on any atom is 0.320 e. The van der Waals surface area contributed by atoms with Gasteiger partial charge in [0.05, 0.1) is 0 Å². The summed E-state index contributed by atoms with van der Waals surface area (Å²) in [4.78, 5) is 10.6. The fraction of sp³-hybridized carbons (Fsp3) is 0.300. The summed E-state index contributed by atoms with van der Waals surface area (Å²) in [5.41, 5.74) is 6.54. The van der Waals surface area contributed by atoms with Gasteiger partial charge in [0.2, 0.25) is 10.0 Å². The smallest absolute Gasteiger partial charge is 0.320 e. The number of nitrogens with one attached hydrogen (secondary N) is 1. The molecule has 0 aliphatic heterocycles. The molecule has 8 heteroatoms. The van der Waals surface area contributed by atoms with Crippen LogP contribution in [0.4, 0.5) is 5.69 Å². The lowest BCUT2D eigenvalue weighted by Crippen LogP contribution is -2.32. The molecule has 0 saturated carbocycles. The average Bonchev–Trinajstić information content (AvgIpc) is 2.31. The van der Waals surface area contributed by atoms with Crippen molar-refractivity contribution in [2.75, 3.05) is 9.38 Å². The number of rotatable bonds is 6. The molecule has 0 fully saturated rings. The zero-order valence-corrected chi connectivity index (χ0v) is 11.7. The van der Waals surface area contributed by atoms with E-state index >= 15 is 0 Å². The lowest BCUT2D eigenvalue weighted by atomic mass is 10.1. The van der Waals surface area contributed by atoms with E-state index in [-0.39, 0.29) is 11.1 Å². The third-order valence-corrected chi connectivity index (χ3v) is 4.79. The number of sulfonamides is 1. The third kappa shape index (κ3) is 4.63. The number of hydrogen-bond donors (Lipinski definition) is 3. The topological polar surface area (TPSA) is 109 Å². The predicted molar refractivity (Wildman–Crippen MR) is 72.1 cm³/mol. The van der Waals surface area contributed by atoms with Crippen LogP contribution in [0.15, 0.2) is 24.3 Å². The van der Waals surface area contributed by atoms with Crippen LogP contribution >= 0.6 is 15.9 Å². The van der Waals surface area contributed by atoms with Gasteiger partial charge >= 0.3 is 5.97 Å². The summed E-state index contributed by atoms with van der Waals surface area (Å²) in [7, 11) is -3.37. The number of alkyl halides is 1. The molecule has 1 rings (SSSR count). The third-order valence-electron chi connectivity index (χ3n) is 2.14. The van der Waals surface area contributed by atoms with Crippen LogP contribution in [0.2, 0.25) is 0 Å². The minimum Gasteiger partial charge on any atom is -0.480 e. The molecule has 100 valence electrons. The highest BCUT2D eigenvalue weighted by Gasteiger charge is 2.12. The number of carboxylic acid groups (broad SMARTS) is 1. The Kier molecular flexibility index (Phi) is 5.12. The number of hydrogen-bond acceptors (Lipinski definition) is 4. The van der Waals surface area contributed by atoms with E-state index in [1.807, 2.05) is 0 Å². The molecule has 0 amide bonds. The Morgan fingerprint density at radius 2 is 1.94 bits per heavy atom. The second-order valence-electron chi connectivity index (χ2n) is 3.67. The summed E-state index contributed by atoms with van der Waals surface area (Å²) in [6, 6.07) is 5.42. The molecule has 0 spiro atoms. The zero-order chi connectivity index (χ0) is 13.8. The van der Waals surface area contributed by atoms with Crippen molar-refractivity contribution in [3.8, 4) is 0 Å². The van der Waals surface area contributed by atoms with Crippen molar-refractivity contribution in [2.45, 2.75) is 12.5 Å². The van der Waals surface area contributed by atoms with E-state index in [9.17, 15) is 13.2 Å². The SMILES string of the molecule is N[C@@H](Cc1ccc(NS(=O)(=O)CBr)cc1)C(=O)O. The number of benzene rings is 1. The summed E-state index contributed by atoms with van der Waals surface area (Å²) in [5.74, 6) is -1.07. The van der Waals surface area contributed by atoms with E-state index in [1.165, 1.54) is 0 Å². The van der Waals surface area contributed by atoms with Crippen molar-refractivity contribution in [3.63, 3.8) is 0 Å². The first-order chi connectivity index (χ1) is 8.34. The van der Waals surface area contributed by atoms with Gasteiger partial charge in [-0.05, 0) is 24.1 Å². The van der Waals surface area contributed by atoms with Crippen molar-refractivity contribution in [2.24, 2.45) is 5.73 Å². The number of aliphatic carboxylic acids is 1. The summed E-state index contributed by atoms with van der Waals surface area (Å²) < 4.78 is 24.7. The van der Waals surface area contributed by atoms with Gasteiger partial charge in [0, 0.05) is 5.69 Å². The molecule has 0 radical (unpaired) electrons. The molecule has 1 aromatic carbocycles. The molecule has 0 aliphatic carbocycles. The van der Waals surface area contributed by atoms with Gasteiger partial charge in [-0.1, -0.05) is 28.1 Å². The first kappa shape index (κ1) is 14.9. The maximum atomic E-state index is 11.3. The molecule has 6 nitrogen and oxygen atoms in total. The van der Waals surface area contributed by atoms with Crippen molar-refractivity contribution < 1.29 is 18.3 Å². The number of carbonyl (C=O) groups is 1. The standard InChI is InChI=1S/C10H13BrN2O4S/c11-6-18(16,17)13-8-3-1-7(2-4-8)5-9(12)10(14)15/h1-4,9,13H,5-6,12H2,(H,14,15)/t9-/m0/s1. The molecule has 0 aromatic heterocycles. The molecular formula is C10H13BrN2O4S. The molecule has 0 saturated heterocycles. The number of carboxylic acids is 1. The van der Waals surface area contributed by atoms with E-state index in [2.05, 4.69) is 20.7 Å². The second kappa shape index (κ2) is 6.17. The Morgan fingerprint density at radius 3 is 2.39 bits per heavy atom. The molecule has 18 heavy (non-hydrogen) atoms. The van der Waals surface area contributed by atoms with Gasteiger partial charge in [0.1, 0.15) is 10.7 Å². The molecule has 4 N–H and O–H groups in total. The Morgan fingerprint density at radius 1 is 1.39 bits per heavy atom. The molecule has 1 atom stereocenters. The zero-order valence-electron chi connectivity index (χ0n) is 9.34. The van der Waals surface area contributed by atoms with Crippen molar-refractivity contribution in [3.05, 3.63) is 29.8 Å². The Labute approximate surface area is 113 Å². The van der Waals surface area contributed by atoms with Gasteiger partial charge in [0.25, 0.3) is 0 Å². The van der Waals surface area contributed by atoms with E-state index in [0.717, 1.165) is 5.56 Å². The first-order valence-electron chi connectivity index (χ1n) is 4.98. The van der Waals surface area contributed by atoms with Crippen molar-refractivity contribution in [1.82, 2.24) is 0 Å². The molecule has 0 heterocycles. The predicted octanol–water partition coefficient (Wildman–Crippen LogP) is 0.735. The van der Waals surface area contributed by atoms with E-state index in [1.54, 1.807) is 24.3 Å². The number of halogens is 1. The summed E-state index contributed by atoms with van der Waals surface area (Å²) in [6.07, 6.45) is 0.195. The van der Waals surface area contributed by atoms with E-state index in [4.69, 9.17) is 10.8 Å². The fourth-order valence-corrected chi connectivity index (χ4v) is 2.15. The molecule has 0 aliphatic rings. The van der Waals surface area contributed by atoms with Crippen LogP contribution < -0.4 is 10.5 Å². The van der Waals surface area contributed by atoms with Crippen molar-refractivity contribution >= 4 is 37.6 Å². The van der Waals surface area contributed by atoms with Crippen LogP contribution in [0.1, 0.15) is 5.56 Å². The van der Waals surface area contributed by atoms with Gasteiger partial charge in [-0.2, -0.15) is 0 Å². The van der Waals surface area contributed by atoms with Gasteiger partial charge < -0.3 is 10.8 Å². The molecule has 0 bridgehead atoms. The summed E-state index contributed by atoms with van der Waals surface area (Å²) in [6.45, 7) is 0. The van der Waals surface area contributed by atoms with Crippen LogP contribution in [0.3, 0.4) is 0 Å².